The summed E-state index contributed by atoms with van der Waals surface area (Å²) in [5.41, 5.74) is 5.90. The van der Waals surface area contributed by atoms with Gasteiger partial charge in [0.25, 0.3) is 0 Å². The van der Waals surface area contributed by atoms with Crippen molar-refractivity contribution in [3.63, 3.8) is 0 Å². The molecule has 1 aromatic heterocycles. The van der Waals surface area contributed by atoms with E-state index in [-0.39, 0.29) is 18.0 Å². The van der Waals surface area contributed by atoms with Crippen molar-refractivity contribution < 1.29 is 4.79 Å². The molecule has 0 saturated heterocycles. The van der Waals surface area contributed by atoms with E-state index in [1.165, 1.54) is 4.88 Å². The zero-order valence-electron chi connectivity index (χ0n) is 11.3. The predicted octanol–water partition coefficient (Wildman–Crippen LogP) is 3.22. The van der Waals surface area contributed by atoms with E-state index in [1.54, 1.807) is 11.3 Å². The van der Waals surface area contributed by atoms with E-state index < -0.39 is 0 Å². The summed E-state index contributed by atoms with van der Waals surface area (Å²) in [4.78, 5) is 13.2. The standard InChI is InChI=1S/C14H24N2OS/c1-3-6-11(15)10-14(17)16-12(7-4-2)13-8-5-9-18-13/h5,8-9,11-12H,3-4,6-7,10,15H2,1-2H3,(H,16,17). The summed E-state index contributed by atoms with van der Waals surface area (Å²) in [6.45, 7) is 4.22. The van der Waals surface area contributed by atoms with Gasteiger partial charge in [0.05, 0.1) is 6.04 Å². The molecule has 2 unspecified atom stereocenters. The Morgan fingerprint density at radius 2 is 2.11 bits per heavy atom. The van der Waals surface area contributed by atoms with Gasteiger partial charge in [0.1, 0.15) is 0 Å². The number of amides is 1. The molecule has 102 valence electrons. The summed E-state index contributed by atoms with van der Waals surface area (Å²) in [6, 6.07) is 4.24. The second-order valence-electron chi connectivity index (χ2n) is 4.68. The Morgan fingerprint density at radius 3 is 2.67 bits per heavy atom. The van der Waals surface area contributed by atoms with E-state index in [1.807, 2.05) is 11.4 Å². The number of thiophene rings is 1. The van der Waals surface area contributed by atoms with Crippen LogP contribution in [-0.4, -0.2) is 11.9 Å². The first-order chi connectivity index (χ1) is 8.67. The highest BCUT2D eigenvalue weighted by molar-refractivity contribution is 7.10. The molecule has 0 spiro atoms. The van der Waals surface area contributed by atoms with Crippen LogP contribution in [0.2, 0.25) is 0 Å². The van der Waals surface area contributed by atoms with Gasteiger partial charge in [0.15, 0.2) is 0 Å². The van der Waals surface area contributed by atoms with Crippen molar-refractivity contribution in [2.45, 2.75) is 58.0 Å². The van der Waals surface area contributed by atoms with E-state index in [4.69, 9.17) is 5.73 Å². The molecule has 0 radical (unpaired) electrons. The number of carbonyl (C=O) groups excluding carboxylic acids is 1. The van der Waals surface area contributed by atoms with E-state index >= 15 is 0 Å². The number of hydrogen-bond donors (Lipinski definition) is 2. The van der Waals surface area contributed by atoms with Crippen LogP contribution in [0.15, 0.2) is 17.5 Å². The molecule has 2 atom stereocenters. The highest BCUT2D eigenvalue weighted by Crippen LogP contribution is 2.23. The molecule has 0 aliphatic heterocycles. The second-order valence-corrected chi connectivity index (χ2v) is 5.66. The van der Waals surface area contributed by atoms with Gasteiger partial charge in [0, 0.05) is 17.3 Å². The fourth-order valence-electron chi connectivity index (χ4n) is 2.03. The molecule has 1 heterocycles. The molecule has 1 amide bonds. The van der Waals surface area contributed by atoms with Gasteiger partial charge in [-0.15, -0.1) is 11.3 Å². The van der Waals surface area contributed by atoms with Crippen LogP contribution in [0.5, 0.6) is 0 Å². The van der Waals surface area contributed by atoms with Gasteiger partial charge >= 0.3 is 0 Å². The first kappa shape index (κ1) is 15.2. The predicted molar refractivity (Wildman–Crippen MR) is 77.6 cm³/mol. The summed E-state index contributed by atoms with van der Waals surface area (Å²) < 4.78 is 0. The molecule has 0 aliphatic carbocycles. The zero-order valence-corrected chi connectivity index (χ0v) is 12.1. The maximum absolute atomic E-state index is 11.9. The van der Waals surface area contributed by atoms with Crippen molar-refractivity contribution in [3.05, 3.63) is 22.4 Å². The van der Waals surface area contributed by atoms with Crippen molar-refractivity contribution in [1.82, 2.24) is 5.32 Å². The lowest BCUT2D eigenvalue weighted by Gasteiger charge is -2.18. The fourth-order valence-corrected chi connectivity index (χ4v) is 2.84. The topological polar surface area (TPSA) is 55.1 Å². The summed E-state index contributed by atoms with van der Waals surface area (Å²) in [5.74, 6) is 0.0720. The van der Waals surface area contributed by atoms with E-state index in [9.17, 15) is 4.79 Å². The van der Waals surface area contributed by atoms with Crippen LogP contribution in [0.4, 0.5) is 0 Å². The highest BCUT2D eigenvalue weighted by Gasteiger charge is 2.16. The number of rotatable bonds is 8. The van der Waals surface area contributed by atoms with Crippen LogP contribution in [0.25, 0.3) is 0 Å². The Labute approximate surface area is 114 Å². The van der Waals surface area contributed by atoms with Gasteiger partial charge in [0.2, 0.25) is 5.91 Å². The molecule has 3 N–H and O–H groups in total. The lowest BCUT2D eigenvalue weighted by molar-refractivity contribution is -0.122. The van der Waals surface area contributed by atoms with E-state index in [2.05, 4.69) is 25.2 Å². The molecule has 3 nitrogen and oxygen atoms in total. The van der Waals surface area contributed by atoms with Crippen molar-refractivity contribution in [2.75, 3.05) is 0 Å². The Bertz CT molecular complexity index is 338. The van der Waals surface area contributed by atoms with Gasteiger partial charge in [-0.2, -0.15) is 0 Å². The molecule has 18 heavy (non-hydrogen) atoms. The normalized spacial score (nSPS) is 14.2. The molecule has 0 bridgehead atoms. The zero-order chi connectivity index (χ0) is 13.4. The van der Waals surface area contributed by atoms with Crippen LogP contribution < -0.4 is 11.1 Å². The Morgan fingerprint density at radius 1 is 1.39 bits per heavy atom. The molecule has 1 rings (SSSR count). The lowest BCUT2D eigenvalue weighted by atomic mass is 10.1. The number of nitrogens with two attached hydrogens (primary N) is 1. The Hall–Kier alpha value is -0.870. The number of hydrogen-bond acceptors (Lipinski definition) is 3. The molecule has 0 aliphatic rings. The molecule has 0 saturated carbocycles. The third-order valence-corrected chi connectivity index (χ3v) is 3.89. The van der Waals surface area contributed by atoms with Crippen molar-refractivity contribution in [3.8, 4) is 0 Å². The minimum Gasteiger partial charge on any atom is -0.348 e. The SMILES string of the molecule is CCCC(N)CC(=O)NC(CCC)c1cccs1. The minimum atomic E-state index is -0.0133. The van der Waals surface area contributed by atoms with Crippen molar-refractivity contribution in [2.24, 2.45) is 5.73 Å². The van der Waals surface area contributed by atoms with Gasteiger partial charge in [-0.1, -0.05) is 32.8 Å². The van der Waals surface area contributed by atoms with E-state index in [0.717, 1.165) is 25.7 Å². The maximum Gasteiger partial charge on any atom is 0.222 e. The first-order valence-electron chi connectivity index (χ1n) is 6.75. The monoisotopic (exact) mass is 268 g/mol. The average molecular weight is 268 g/mol. The third kappa shape index (κ3) is 5.19. The lowest BCUT2D eigenvalue weighted by Crippen LogP contribution is -2.33. The van der Waals surface area contributed by atoms with Crippen LogP contribution in [-0.2, 0) is 4.79 Å². The van der Waals surface area contributed by atoms with Gasteiger partial charge < -0.3 is 11.1 Å². The molecule has 4 heteroatoms. The van der Waals surface area contributed by atoms with Crippen molar-refractivity contribution >= 4 is 17.2 Å². The maximum atomic E-state index is 11.9. The van der Waals surface area contributed by atoms with Crippen LogP contribution in [0.1, 0.15) is 56.9 Å². The van der Waals surface area contributed by atoms with Gasteiger partial charge in [-0.05, 0) is 24.3 Å². The number of carbonyl (C=O) groups is 1. The summed E-state index contributed by atoms with van der Waals surface area (Å²) in [6.07, 6.45) is 4.40. The molecule has 0 aromatic carbocycles. The minimum absolute atomic E-state index is 0.0133. The van der Waals surface area contributed by atoms with Gasteiger partial charge in [-0.25, -0.2) is 0 Å². The summed E-state index contributed by atoms with van der Waals surface area (Å²) in [5, 5.41) is 5.15. The van der Waals surface area contributed by atoms with E-state index in [0.29, 0.717) is 6.42 Å². The smallest absolute Gasteiger partial charge is 0.222 e. The highest BCUT2D eigenvalue weighted by atomic mass is 32.1. The quantitative estimate of drug-likeness (QED) is 0.760. The fraction of sp³-hybridized carbons (Fsp3) is 0.643. The van der Waals surface area contributed by atoms with Gasteiger partial charge in [-0.3, -0.25) is 4.79 Å². The summed E-state index contributed by atoms with van der Waals surface area (Å²) in [7, 11) is 0. The molecular formula is C14H24N2OS. The first-order valence-corrected chi connectivity index (χ1v) is 7.63. The van der Waals surface area contributed by atoms with Crippen LogP contribution >= 0.6 is 11.3 Å². The molecule has 0 fully saturated rings. The largest absolute Gasteiger partial charge is 0.348 e. The number of nitrogens with one attached hydrogen (secondary N) is 1. The van der Waals surface area contributed by atoms with Crippen LogP contribution in [0.3, 0.4) is 0 Å². The Balaban J connectivity index is 2.48. The molecular weight excluding hydrogens is 244 g/mol. The Kier molecular flexibility index (Phi) is 6.98. The molecule has 1 aromatic rings. The summed E-state index contributed by atoms with van der Waals surface area (Å²) >= 11 is 1.70. The van der Waals surface area contributed by atoms with Crippen molar-refractivity contribution in [1.29, 1.82) is 0 Å². The second kappa shape index (κ2) is 8.27. The third-order valence-electron chi connectivity index (χ3n) is 2.91. The van der Waals surface area contributed by atoms with Crippen LogP contribution in [0, 0.1) is 0 Å². The average Bonchev–Trinajstić information content (AvgIpc) is 2.81.